The molecule has 3 aromatic rings. The van der Waals surface area contributed by atoms with Crippen LogP contribution in [-0.4, -0.2) is 46.7 Å². The van der Waals surface area contributed by atoms with Crippen molar-refractivity contribution in [3.8, 4) is 11.3 Å². The van der Waals surface area contributed by atoms with Gasteiger partial charge in [0.2, 0.25) is 0 Å². The molecule has 0 bridgehead atoms. The minimum absolute atomic E-state index is 0.172. The maximum atomic E-state index is 14.4. The van der Waals surface area contributed by atoms with Crippen molar-refractivity contribution in [3.05, 3.63) is 64.2 Å². The predicted octanol–water partition coefficient (Wildman–Crippen LogP) is 4.31. The molecule has 2 aromatic heterocycles. The molecule has 0 spiro atoms. The van der Waals surface area contributed by atoms with Crippen LogP contribution in [0, 0.1) is 11.2 Å². The number of aromatic amines is 1. The molecule has 6 nitrogen and oxygen atoms in total. The first kappa shape index (κ1) is 21.2. The molecule has 1 atom stereocenters. The molecule has 1 fully saturated rings. The minimum atomic E-state index is -0.984. The number of hydrogen-bond acceptors (Lipinski definition) is 5. The highest BCUT2D eigenvalue weighted by Gasteiger charge is 2.45. The van der Waals surface area contributed by atoms with Gasteiger partial charge in [-0.3, -0.25) is 14.7 Å². The number of H-pyrrole nitrogens is 1. The molecule has 31 heavy (non-hydrogen) atoms. The first-order valence-electron chi connectivity index (χ1n) is 10.3. The van der Waals surface area contributed by atoms with Crippen LogP contribution in [0.25, 0.3) is 11.3 Å². The summed E-state index contributed by atoms with van der Waals surface area (Å²) < 4.78 is 19.7. The van der Waals surface area contributed by atoms with Gasteiger partial charge in [0.1, 0.15) is 11.5 Å². The minimum Gasteiger partial charge on any atom is -0.466 e. The second-order valence-electron chi connectivity index (χ2n) is 7.78. The summed E-state index contributed by atoms with van der Waals surface area (Å²) in [7, 11) is 0. The SMILES string of the molecule is CCOC(=O)C1(Cc2ccccc2F)CCCN(C(=O)c2cc(-c3ccsc3)n[nH]2)C1. The summed E-state index contributed by atoms with van der Waals surface area (Å²) in [5.41, 5.74) is 1.48. The second kappa shape index (κ2) is 9.01. The first-order valence-corrected chi connectivity index (χ1v) is 11.2. The van der Waals surface area contributed by atoms with Crippen LogP contribution in [0.3, 0.4) is 0 Å². The predicted molar refractivity (Wildman–Crippen MR) is 116 cm³/mol. The Morgan fingerprint density at radius 2 is 2.16 bits per heavy atom. The van der Waals surface area contributed by atoms with Crippen molar-refractivity contribution in [2.45, 2.75) is 26.2 Å². The van der Waals surface area contributed by atoms with Crippen molar-refractivity contribution in [2.24, 2.45) is 5.41 Å². The van der Waals surface area contributed by atoms with E-state index in [-0.39, 0.29) is 37.3 Å². The van der Waals surface area contributed by atoms with Gasteiger partial charge in [-0.25, -0.2) is 4.39 Å². The number of nitrogens with zero attached hydrogens (tertiary/aromatic N) is 2. The number of carbonyl (C=O) groups is 2. The average molecular weight is 442 g/mol. The lowest BCUT2D eigenvalue weighted by molar-refractivity contribution is -0.158. The molecule has 1 N–H and O–H groups in total. The number of benzene rings is 1. The fraction of sp³-hybridized carbons (Fsp3) is 0.348. The van der Waals surface area contributed by atoms with Gasteiger partial charge in [0.25, 0.3) is 5.91 Å². The molecule has 1 unspecified atom stereocenters. The molecule has 1 saturated heterocycles. The van der Waals surface area contributed by atoms with Crippen LogP contribution in [0.15, 0.2) is 47.2 Å². The third kappa shape index (κ3) is 4.39. The Bertz CT molecular complexity index is 1070. The van der Waals surface area contributed by atoms with Gasteiger partial charge in [0, 0.05) is 24.0 Å². The number of likely N-dealkylation sites (tertiary alicyclic amines) is 1. The van der Waals surface area contributed by atoms with Crippen molar-refractivity contribution in [3.63, 3.8) is 0 Å². The molecule has 0 radical (unpaired) electrons. The smallest absolute Gasteiger partial charge is 0.314 e. The Kier molecular flexibility index (Phi) is 6.18. The van der Waals surface area contributed by atoms with E-state index in [1.54, 1.807) is 47.4 Å². The first-order chi connectivity index (χ1) is 15.0. The number of nitrogens with one attached hydrogen (secondary N) is 1. The summed E-state index contributed by atoms with van der Waals surface area (Å²) in [5, 5.41) is 11.0. The molecular formula is C23H24FN3O3S. The maximum absolute atomic E-state index is 14.4. The number of esters is 1. The lowest BCUT2D eigenvalue weighted by Gasteiger charge is -2.41. The zero-order valence-corrected chi connectivity index (χ0v) is 18.1. The molecular weight excluding hydrogens is 417 g/mol. The van der Waals surface area contributed by atoms with Gasteiger partial charge in [-0.1, -0.05) is 18.2 Å². The van der Waals surface area contributed by atoms with Crippen LogP contribution in [0.5, 0.6) is 0 Å². The van der Waals surface area contributed by atoms with Crippen molar-refractivity contribution in [1.82, 2.24) is 15.1 Å². The number of piperidine rings is 1. The largest absolute Gasteiger partial charge is 0.466 e. The van der Waals surface area contributed by atoms with E-state index in [2.05, 4.69) is 10.2 Å². The number of thiophene rings is 1. The summed E-state index contributed by atoms with van der Waals surface area (Å²) in [5.74, 6) is -0.973. The van der Waals surface area contributed by atoms with Gasteiger partial charge in [-0.2, -0.15) is 16.4 Å². The number of aromatic nitrogens is 2. The van der Waals surface area contributed by atoms with Crippen LogP contribution >= 0.6 is 11.3 Å². The van der Waals surface area contributed by atoms with Gasteiger partial charge in [0.05, 0.1) is 17.7 Å². The molecule has 1 aromatic carbocycles. The Balaban J connectivity index is 1.59. The normalized spacial score (nSPS) is 18.7. The third-order valence-corrected chi connectivity index (χ3v) is 6.37. The Labute approximate surface area is 184 Å². The topological polar surface area (TPSA) is 75.3 Å². The Morgan fingerprint density at radius 1 is 1.32 bits per heavy atom. The fourth-order valence-corrected chi connectivity index (χ4v) is 4.79. The molecule has 3 heterocycles. The van der Waals surface area contributed by atoms with Crippen LogP contribution in [0.4, 0.5) is 4.39 Å². The van der Waals surface area contributed by atoms with Crippen LogP contribution in [0.2, 0.25) is 0 Å². The highest BCUT2D eigenvalue weighted by Crippen LogP contribution is 2.36. The Morgan fingerprint density at radius 3 is 2.90 bits per heavy atom. The van der Waals surface area contributed by atoms with E-state index in [0.717, 1.165) is 5.56 Å². The standard InChI is InChI=1S/C23H24FN3O3S/c1-2-30-22(29)23(13-16-6-3-4-7-18(16)24)9-5-10-27(15-23)21(28)20-12-19(25-26-20)17-8-11-31-14-17/h3-4,6-8,11-12,14H,2,5,9-10,13,15H2,1H3,(H,25,26). The lowest BCUT2D eigenvalue weighted by Crippen LogP contribution is -2.51. The number of amides is 1. The molecule has 0 saturated carbocycles. The van der Waals surface area contributed by atoms with E-state index >= 15 is 0 Å². The highest BCUT2D eigenvalue weighted by atomic mass is 32.1. The molecule has 1 amide bonds. The number of hydrogen-bond donors (Lipinski definition) is 1. The number of rotatable bonds is 6. The number of halogens is 1. The highest BCUT2D eigenvalue weighted by molar-refractivity contribution is 7.08. The number of carbonyl (C=O) groups excluding carboxylic acids is 2. The Hall–Kier alpha value is -3.00. The van der Waals surface area contributed by atoms with E-state index in [1.165, 1.54) is 6.07 Å². The number of ether oxygens (including phenoxy) is 1. The zero-order chi connectivity index (χ0) is 21.8. The monoisotopic (exact) mass is 441 g/mol. The zero-order valence-electron chi connectivity index (χ0n) is 17.3. The quantitative estimate of drug-likeness (QED) is 0.579. The second-order valence-corrected chi connectivity index (χ2v) is 8.56. The maximum Gasteiger partial charge on any atom is 0.314 e. The van der Waals surface area contributed by atoms with Gasteiger partial charge < -0.3 is 9.64 Å². The summed E-state index contributed by atoms with van der Waals surface area (Å²) >= 11 is 1.56. The van der Waals surface area contributed by atoms with Crippen molar-refractivity contribution < 1.29 is 18.7 Å². The lowest BCUT2D eigenvalue weighted by atomic mass is 9.75. The summed E-state index contributed by atoms with van der Waals surface area (Å²) in [6, 6.07) is 10.1. The van der Waals surface area contributed by atoms with E-state index < -0.39 is 5.41 Å². The van der Waals surface area contributed by atoms with Crippen LogP contribution in [-0.2, 0) is 16.0 Å². The summed E-state index contributed by atoms with van der Waals surface area (Å²) in [6.45, 7) is 2.67. The van der Waals surface area contributed by atoms with Crippen molar-refractivity contribution in [2.75, 3.05) is 19.7 Å². The van der Waals surface area contributed by atoms with Crippen molar-refractivity contribution >= 4 is 23.2 Å². The van der Waals surface area contributed by atoms with Crippen LogP contribution in [0.1, 0.15) is 35.8 Å². The molecule has 0 aliphatic carbocycles. The van der Waals surface area contributed by atoms with Crippen LogP contribution < -0.4 is 0 Å². The van der Waals surface area contributed by atoms with Crippen molar-refractivity contribution in [1.29, 1.82) is 0 Å². The third-order valence-electron chi connectivity index (χ3n) is 5.68. The molecule has 1 aliphatic heterocycles. The van der Waals surface area contributed by atoms with Gasteiger partial charge >= 0.3 is 5.97 Å². The van der Waals surface area contributed by atoms with E-state index in [0.29, 0.717) is 36.3 Å². The van der Waals surface area contributed by atoms with Gasteiger partial charge in [-0.05, 0) is 55.3 Å². The van der Waals surface area contributed by atoms with Gasteiger partial charge in [0.15, 0.2) is 0 Å². The fourth-order valence-electron chi connectivity index (χ4n) is 4.14. The van der Waals surface area contributed by atoms with E-state index in [1.807, 2.05) is 16.8 Å². The van der Waals surface area contributed by atoms with E-state index in [4.69, 9.17) is 4.74 Å². The molecule has 4 rings (SSSR count). The summed E-state index contributed by atoms with van der Waals surface area (Å²) in [4.78, 5) is 27.8. The molecule has 1 aliphatic rings. The summed E-state index contributed by atoms with van der Waals surface area (Å²) in [6.07, 6.45) is 1.35. The molecule has 8 heteroatoms. The molecule has 162 valence electrons. The average Bonchev–Trinajstić information content (AvgIpc) is 3.47. The van der Waals surface area contributed by atoms with E-state index in [9.17, 15) is 14.0 Å². The van der Waals surface area contributed by atoms with Gasteiger partial charge in [-0.15, -0.1) is 0 Å².